The predicted octanol–water partition coefficient (Wildman–Crippen LogP) is 2.54. The maximum absolute atomic E-state index is 12.7. The van der Waals surface area contributed by atoms with Crippen LogP contribution in [0.15, 0.2) is 65.8 Å². The Hall–Kier alpha value is -3.48. The second-order valence-electron chi connectivity index (χ2n) is 6.52. The smallest absolute Gasteiger partial charge is 0.355 e. The summed E-state index contributed by atoms with van der Waals surface area (Å²) in [5.41, 5.74) is 1.25. The molecule has 2 aromatic carbocycles. The number of hydrazone groups is 1. The van der Waals surface area contributed by atoms with Crippen molar-refractivity contribution >= 4 is 29.2 Å². The van der Waals surface area contributed by atoms with Crippen molar-refractivity contribution in [3.63, 3.8) is 0 Å². The van der Waals surface area contributed by atoms with Gasteiger partial charge < -0.3 is 9.64 Å². The Labute approximate surface area is 163 Å². The SMILES string of the molecule is CN(C)C(=O)[C@@H](OC(=O)C1=NN(c2ccccc2)C(=O)CC1)c1ccccc1. The molecule has 0 saturated carbocycles. The summed E-state index contributed by atoms with van der Waals surface area (Å²) in [5.74, 6) is -1.27. The molecule has 1 aliphatic rings. The van der Waals surface area contributed by atoms with E-state index in [0.29, 0.717) is 11.3 Å². The van der Waals surface area contributed by atoms with E-state index >= 15 is 0 Å². The molecule has 0 unspecified atom stereocenters. The molecule has 0 bridgehead atoms. The van der Waals surface area contributed by atoms with Gasteiger partial charge in [-0.1, -0.05) is 48.5 Å². The van der Waals surface area contributed by atoms with E-state index in [1.165, 1.54) is 9.91 Å². The number of benzene rings is 2. The number of hydrogen-bond donors (Lipinski definition) is 0. The van der Waals surface area contributed by atoms with E-state index in [1.807, 2.05) is 12.1 Å². The lowest BCUT2D eigenvalue weighted by atomic mass is 10.1. The highest BCUT2D eigenvalue weighted by Gasteiger charge is 2.31. The number of hydrogen-bond acceptors (Lipinski definition) is 5. The first kappa shape index (κ1) is 19.3. The Bertz CT molecular complexity index is 894. The summed E-state index contributed by atoms with van der Waals surface area (Å²) in [6, 6.07) is 17.7. The zero-order valence-electron chi connectivity index (χ0n) is 15.7. The number of ether oxygens (including phenoxy) is 1. The van der Waals surface area contributed by atoms with Crippen LogP contribution in [-0.2, 0) is 19.1 Å². The summed E-state index contributed by atoms with van der Waals surface area (Å²) in [6.45, 7) is 0. The first-order valence-corrected chi connectivity index (χ1v) is 8.90. The topological polar surface area (TPSA) is 79.3 Å². The molecule has 1 heterocycles. The monoisotopic (exact) mass is 379 g/mol. The largest absolute Gasteiger partial charge is 0.443 e. The van der Waals surface area contributed by atoms with Crippen LogP contribution in [0.4, 0.5) is 5.69 Å². The van der Waals surface area contributed by atoms with Crippen LogP contribution in [0.5, 0.6) is 0 Å². The van der Waals surface area contributed by atoms with Crippen molar-refractivity contribution in [3.05, 3.63) is 66.2 Å². The van der Waals surface area contributed by atoms with Crippen molar-refractivity contribution < 1.29 is 19.1 Å². The Morgan fingerprint density at radius 2 is 1.61 bits per heavy atom. The van der Waals surface area contributed by atoms with Crippen molar-refractivity contribution in [3.8, 4) is 0 Å². The molecule has 0 aliphatic carbocycles. The maximum Gasteiger partial charge on any atom is 0.355 e. The Kier molecular flexibility index (Phi) is 5.84. The molecular weight excluding hydrogens is 358 g/mol. The zero-order valence-corrected chi connectivity index (χ0v) is 15.7. The third-order valence-corrected chi connectivity index (χ3v) is 4.26. The van der Waals surface area contributed by atoms with Crippen molar-refractivity contribution in [2.24, 2.45) is 5.10 Å². The number of likely N-dealkylation sites (N-methyl/N-ethyl adjacent to an activating group) is 1. The molecule has 0 radical (unpaired) electrons. The third-order valence-electron chi connectivity index (χ3n) is 4.26. The lowest BCUT2D eigenvalue weighted by molar-refractivity contribution is -0.154. The van der Waals surface area contributed by atoms with Crippen LogP contribution in [0.3, 0.4) is 0 Å². The van der Waals surface area contributed by atoms with E-state index in [9.17, 15) is 14.4 Å². The summed E-state index contributed by atoms with van der Waals surface area (Å²) in [4.78, 5) is 38.9. The van der Waals surface area contributed by atoms with E-state index in [2.05, 4.69) is 5.10 Å². The number of para-hydroxylation sites is 1. The van der Waals surface area contributed by atoms with Gasteiger partial charge in [0.2, 0.25) is 12.0 Å². The minimum absolute atomic E-state index is 0.107. The number of carbonyl (C=O) groups is 3. The first-order valence-electron chi connectivity index (χ1n) is 8.90. The Balaban J connectivity index is 1.85. The number of nitrogens with zero attached hydrogens (tertiary/aromatic N) is 3. The van der Waals surface area contributed by atoms with Gasteiger partial charge in [0.25, 0.3) is 5.91 Å². The molecule has 2 amide bonds. The fraction of sp³-hybridized carbons (Fsp3) is 0.238. The van der Waals surface area contributed by atoms with Crippen LogP contribution < -0.4 is 5.01 Å². The lowest BCUT2D eigenvalue weighted by Crippen LogP contribution is -2.37. The molecule has 2 aromatic rings. The third kappa shape index (κ3) is 4.25. The molecule has 0 saturated heterocycles. The second-order valence-corrected chi connectivity index (χ2v) is 6.52. The van der Waals surface area contributed by atoms with Gasteiger partial charge in [0, 0.05) is 32.5 Å². The van der Waals surface area contributed by atoms with Gasteiger partial charge in [-0.25, -0.2) is 9.80 Å². The van der Waals surface area contributed by atoms with E-state index in [0.717, 1.165) is 0 Å². The summed E-state index contributed by atoms with van der Waals surface area (Å²) >= 11 is 0. The van der Waals surface area contributed by atoms with Crippen LogP contribution in [0.25, 0.3) is 0 Å². The molecular formula is C21H21N3O4. The van der Waals surface area contributed by atoms with Crippen molar-refractivity contribution in [1.82, 2.24) is 4.90 Å². The van der Waals surface area contributed by atoms with Crippen LogP contribution in [0, 0.1) is 0 Å². The number of rotatable bonds is 5. The van der Waals surface area contributed by atoms with E-state index in [-0.39, 0.29) is 30.4 Å². The standard InChI is InChI=1S/C21H21N3O4/c1-23(2)20(26)19(15-9-5-3-6-10-15)28-21(27)17-13-14-18(25)24(22-17)16-11-7-4-8-12-16/h3-12,19H,13-14H2,1-2H3/t19-/m0/s1. The van der Waals surface area contributed by atoms with Crippen LogP contribution in [-0.4, -0.2) is 42.5 Å². The van der Waals surface area contributed by atoms with Crippen molar-refractivity contribution in [2.45, 2.75) is 18.9 Å². The highest BCUT2D eigenvalue weighted by Crippen LogP contribution is 2.23. The summed E-state index contributed by atoms with van der Waals surface area (Å²) in [5, 5.41) is 5.38. The van der Waals surface area contributed by atoms with Gasteiger partial charge in [0.15, 0.2) is 0 Å². The number of anilines is 1. The van der Waals surface area contributed by atoms with Crippen molar-refractivity contribution in [1.29, 1.82) is 0 Å². The fourth-order valence-corrected chi connectivity index (χ4v) is 2.77. The minimum atomic E-state index is -1.07. The molecule has 1 atom stereocenters. The van der Waals surface area contributed by atoms with E-state index < -0.39 is 12.1 Å². The van der Waals surface area contributed by atoms with Crippen molar-refractivity contribution in [2.75, 3.05) is 19.1 Å². The van der Waals surface area contributed by atoms with Gasteiger partial charge in [-0.15, -0.1) is 0 Å². The number of carbonyl (C=O) groups excluding carboxylic acids is 3. The molecule has 0 N–H and O–H groups in total. The quantitative estimate of drug-likeness (QED) is 0.748. The molecule has 0 fully saturated rings. The molecule has 1 aliphatic heterocycles. The molecule has 28 heavy (non-hydrogen) atoms. The van der Waals surface area contributed by atoms with Gasteiger partial charge in [0.05, 0.1) is 5.69 Å². The minimum Gasteiger partial charge on any atom is -0.443 e. The van der Waals surface area contributed by atoms with Gasteiger partial charge in [-0.3, -0.25) is 9.59 Å². The highest BCUT2D eigenvalue weighted by molar-refractivity contribution is 6.38. The molecule has 7 heteroatoms. The molecule has 3 rings (SSSR count). The molecule has 7 nitrogen and oxygen atoms in total. The Morgan fingerprint density at radius 3 is 2.21 bits per heavy atom. The highest BCUT2D eigenvalue weighted by atomic mass is 16.5. The summed E-state index contributed by atoms with van der Waals surface area (Å²) in [7, 11) is 3.19. The number of esters is 1. The lowest BCUT2D eigenvalue weighted by Gasteiger charge is -2.25. The summed E-state index contributed by atoms with van der Waals surface area (Å²) in [6.07, 6.45) is -0.770. The predicted molar refractivity (Wildman–Crippen MR) is 105 cm³/mol. The first-order chi connectivity index (χ1) is 13.5. The number of amides is 2. The fourth-order valence-electron chi connectivity index (χ4n) is 2.77. The maximum atomic E-state index is 12.7. The molecule has 0 spiro atoms. The molecule has 144 valence electrons. The average Bonchev–Trinajstić information content (AvgIpc) is 2.73. The second kappa shape index (κ2) is 8.47. The van der Waals surface area contributed by atoms with Gasteiger partial charge >= 0.3 is 5.97 Å². The summed E-state index contributed by atoms with van der Waals surface area (Å²) < 4.78 is 5.52. The van der Waals surface area contributed by atoms with Gasteiger partial charge in [-0.05, 0) is 12.1 Å². The van der Waals surface area contributed by atoms with Crippen LogP contribution >= 0.6 is 0 Å². The zero-order chi connectivity index (χ0) is 20.1. The van der Waals surface area contributed by atoms with E-state index in [4.69, 9.17) is 4.74 Å². The molecule has 0 aromatic heterocycles. The van der Waals surface area contributed by atoms with Crippen LogP contribution in [0.1, 0.15) is 24.5 Å². The average molecular weight is 379 g/mol. The van der Waals surface area contributed by atoms with Crippen LogP contribution in [0.2, 0.25) is 0 Å². The Morgan fingerprint density at radius 1 is 1.00 bits per heavy atom. The van der Waals surface area contributed by atoms with Gasteiger partial charge in [0.1, 0.15) is 5.71 Å². The van der Waals surface area contributed by atoms with Gasteiger partial charge in [-0.2, -0.15) is 5.10 Å². The normalized spacial score (nSPS) is 14.9. The van der Waals surface area contributed by atoms with E-state index in [1.54, 1.807) is 62.6 Å².